The van der Waals surface area contributed by atoms with Crippen molar-refractivity contribution < 1.29 is 9.59 Å². The van der Waals surface area contributed by atoms with Gasteiger partial charge in [-0.1, -0.05) is 20.3 Å². The quantitative estimate of drug-likeness (QED) is 0.777. The lowest BCUT2D eigenvalue weighted by molar-refractivity contribution is -0.190. The summed E-state index contributed by atoms with van der Waals surface area (Å²) >= 11 is 0. The predicted molar refractivity (Wildman–Crippen MR) is 102 cm³/mol. The van der Waals surface area contributed by atoms with Crippen LogP contribution in [0.1, 0.15) is 71.6 Å². The minimum absolute atomic E-state index is 0.0632. The lowest BCUT2D eigenvalue weighted by Crippen LogP contribution is -2.68. The number of fused-ring (bicyclic) bond motifs is 5. The fourth-order valence-corrected chi connectivity index (χ4v) is 7.56. The van der Waals surface area contributed by atoms with Gasteiger partial charge in [0.1, 0.15) is 0 Å². The van der Waals surface area contributed by atoms with Crippen LogP contribution in [0.25, 0.3) is 0 Å². The van der Waals surface area contributed by atoms with E-state index in [1.807, 2.05) is 0 Å². The summed E-state index contributed by atoms with van der Waals surface area (Å²) < 4.78 is 0. The van der Waals surface area contributed by atoms with Crippen LogP contribution in [0, 0.1) is 40.9 Å². The van der Waals surface area contributed by atoms with Gasteiger partial charge in [0.2, 0.25) is 11.8 Å². The molecule has 0 aromatic carbocycles. The van der Waals surface area contributed by atoms with E-state index in [1.54, 1.807) is 0 Å². The van der Waals surface area contributed by atoms with Gasteiger partial charge in [0.15, 0.2) is 0 Å². The molecule has 0 radical (unpaired) electrons. The van der Waals surface area contributed by atoms with Crippen LogP contribution in [0.5, 0.6) is 0 Å². The molecule has 146 valence electrons. The average molecular weight is 361 g/mol. The molecule has 1 heterocycles. The largest absolute Gasteiger partial charge is 0.369 e. The van der Waals surface area contributed by atoms with E-state index in [0.29, 0.717) is 29.7 Å². The van der Waals surface area contributed by atoms with E-state index in [4.69, 9.17) is 5.73 Å². The first-order valence-electron chi connectivity index (χ1n) is 10.9. The molecule has 4 rings (SSSR count). The number of likely N-dealkylation sites (tertiary alicyclic amines) is 1. The number of carbonyl (C=O) groups is 2. The second-order valence-electron chi connectivity index (χ2n) is 10.1. The Labute approximate surface area is 158 Å². The zero-order chi connectivity index (χ0) is 18.6. The molecule has 0 aromatic heterocycles. The van der Waals surface area contributed by atoms with Crippen LogP contribution in [0.4, 0.5) is 0 Å². The number of nitrogens with zero attached hydrogens (tertiary/aromatic N) is 1. The smallest absolute Gasteiger partial charge is 0.225 e. The van der Waals surface area contributed by atoms with Crippen LogP contribution in [-0.2, 0) is 9.59 Å². The Balaban J connectivity index is 1.65. The molecule has 8 atom stereocenters. The topological polar surface area (TPSA) is 63.4 Å². The average Bonchev–Trinajstić information content (AvgIpc) is 2.62. The summed E-state index contributed by atoms with van der Waals surface area (Å²) in [5, 5.41) is 0. The number of primary amides is 1. The van der Waals surface area contributed by atoms with Crippen LogP contribution in [0.2, 0.25) is 0 Å². The number of hydrogen-bond acceptors (Lipinski definition) is 2. The van der Waals surface area contributed by atoms with Gasteiger partial charge in [-0.15, -0.1) is 0 Å². The van der Waals surface area contributed by atoms with E-state index < -0.39 is 0 Å². The van der Waals surface area contributed by atoms with Gasteiger partial charge >= 0.3 is 0 Å². The summed E-state index contributed by atoms with van der Waals surface area (Å²) in [5.74, 6) is 3.31. The van der Waals surface area contributed by atoms with Crippen LogP contribution in [0.3, 0.4) is 0 Å². The van der Waals surface area contributed by atoms with E-state index in [2.05, 4.69) is 25.8 Å². The summed E-state index contributed by atoms with van der Waals surface area (Å²) in [6, 6.07) is 0.415. The van der Waals surface area contributed by atoms with E-state index >= 15 is 0 Å². The van der Waals surface area contributed by atoms with E-state index in [9.17, 15) is 9.59 Å². The highest BCUT2D eigenvalue weighted by Crippen LogP contribution is 2.63. The van der Waals surface area contributed by atoms with Gasteiger partial charge in [-0.05, 0) is 80.5 Å². The number of nitrogens with two attached hydrogens (primary N) is 1. The second-order valence-corrected chi connectivity index (χ2v) is 10.1. The maximum atomic E-state index is 12.8. The SMILES string of the molecule is CC1CC[C@H](C(N)=O)CCCC2C1CCC1N(C)C(=O)[C@H]3CCC3[C@]21C. The summed E-state index contributed by atoms with van der Waals surface area (Å²) in [5.41, 5.74) is 5.92. The molecular formula is C22H36N2O2. The van der Waals surface area contributed by atoms with Crippen molar-refractivity contribution in [1.29, 1.82) is 0 Å². The molecule has 1 aliphatic heterocycles. The molecular weight excluding hydrogens is 324 g/mol. The number of rotatable bonds is 1. The maximum absolute atomic E-state index is 12.8. The van der Waals surface area contributed by atoms with Gasteiger partial charge in [0, 0.05) is 24.9 Å². The normalized spacial score (nSPS) is 48.8. The van der Waals surface area contributed by atoms with Gasteiger partial charge in [0.05, 0.1) is 0 Å². The van der Waals surface area contributed by atoms with Crippen molar-refractivity contribution in [2.45, 2.75) is 77.7 Å². The van der Waals surface area contributed by atoms with Crippen LogP contribution in [-0.4, -0.2) is 29.8 Å². The van der Waals surface area contributed by atoms with Crippen molar-refractivity contribution in [3.05, 3.63) is 0 Å². The molecule has 26 heavy (non-hydrogen) atoms. The zero-order valence-corrected chi connectivity index (χ0v) is 16.7. The van der Waals surface area contributed by atoms with Crippen molar-refractivity contribution >= 4 is 11.8 Å². The Morgan fingerprint density at radius 2 is 1.81 bits per heavy atom. The number of amides is 2. The first-order valence-corrected chi connectivity index (χ1v) is 10.9. The zero-order valence-electron chi connectivity index (χ0n) is 16.7. The molecule has 3 saturated carbocycles. The Bertz CT molecular complexity index is 591. The molecule has 4 nitrogen and oxygen atoms in total. The molecule has 1 saturated heterocycles. The van der Waals surface area contributed by atoms with Crippen LogP contribution >= 0.6 is 0 Å². The highest BCUT2D eigenvalue weighted by atomic mass is 16.2. The molecule has 4 fully saturated rings. The molecule has 2 amide bonds. The van der Waals surface area contributed by atoms with Crippen molar-refractivity contribution in [1.82, 2.24) is 4.90 Å². The van der Waals surface area contributed by atoms with E-state index in [1.165, 1.54) is 19.3 Å². The van der Waals surface area contributed by atoms with Gasteiger partial charge in [-0.2, -0.15) is 0 Å². The lowest BCUT2D eigenvalue weighted by atomic mass is 9.44. The standard InChI is InChI=1S/C22H36N2O2/c1-13-7-8-14(20(23)25)5-4-6-17-15(13)10-12-19-22(17,2)18-11-9-16(18)21(26)24(19)3/h13-19H,4-12H2,1-3H3,(H2,23,25)/t13?,14-,15?,16+,17?,18?,19?,22+/m1/s1. The molecule has 3 aliphatic carbocycles. The highest BCUT2D eigenvalue weighted by molar-refractivity contribution is 5.81. The van der Waals surface area contributed by atoms with Crippen LogP contribution < -0.4 is 5.73 Å². The third kappa shape index (κ3) is 2.54. The molecule has 0 aromatic rings. The maximum Gasteiger partial charge on any atom is 0.225 e. The molecule has 4 aliphatic rings. The van der Waals surface area contributed by atoms with Gasteiger partial charge < -0.3 is 10.6 Å². The van der Waals surface area contributed by atoms with Crippen molar-refractivity contribution in [2.24, 2.45) is 46.7 Å². The van der Waals surface area contributed by atoms with Crippen molar-refractivity contribution in [3.63, 3.8) is 0 Å². The second kappa shape index (κ2) is 6.53. The molecule has 2 N–H and O–H groups in total. The molecule has 0 spiro atoms. The third-order valence-electron chi connectivity index (χ3n) is 9.18. The van der Waals surface area contributed by atoms with Crippen molar-refractivity contribution in [2.75, 3.05) is 7.05 Å². The minimum atomic E-state index is -0.104. The van der Waals surface area contributed by atoms with E-state index in [-0.39, 0.29) is 23.2 Å². The summed E-state index contributed by atoms with van der Waals surface area (Å²) in [4.78, 5) is 26.7. The fourth-order valence-electron chi connectivity index (χ4n) is 7.56. The predicted octanol–water partition coefficient (Wildman–Crippen LogP) is 3.59. The number of piperidine rings is 1. The lowest BCUT2D eigenvalue weighted by Gasteiger charge is -2.65. The van der Waals surface area contributed by atoms with Gasteiger partial charge in [-0.25, -0.2) is 0 Å². The Morgan fingerprint density at radius 1 is 1.04 bits per heavy atom. The molecule has 0 bridgehead atoms. The molecule has 5 unspecified atom stereocenters. The monoisotopic (exact) mass is 360 g/mol. The Hall–Kier alpha value is -1.06. The first kappa shape index (κ1) is 18.3. The van der Waals surface area contributed by atoms with E-state index in [0.717, 1.165) is 44.4 Å². The Kier molecular flexibility index (Phi) is 4.60. The number of carbonyl (C=O) groups excluding carboxylic acids is 2. The first-order chi connectivity index (χ1) is 12.4. The minimum Gasteiger partial charge on any atom is -0.369 e. The van der Waals surface area contributed by atoms with Gasteiger partial charge in [-0.3, -0.25) is 9.59 Å². The summed E-state index contributed by atoms with van der Waals surface area (Å²) in [6.45, 7) is 4.92. The molecule has 4 heteroatoms. The Morgan fingerprint density at radius 3 is 2.46 bits per heavy atom. The van der Waals surface area contributed by atoms with Crippen molar-refractivity contribution in [3.8, 4) is 0 Å². The highest BCUT2D eigenvalue weighted by Gasteiger charge is 2.63. The fraction of sp³-hybridized carbons (Fsp3) is 0.909. The third-order valence-corrected chi connectivity index (χ3v) is 9.18. The summed E-state index contributed by atoms with van der Waals surface area (Å²) in [6.07, 6.45) is 10.1. The number of hydrogen-bond donors (Lipinski definition) is 1. The van der Waals surface area contributed by atoms with Crippen LogP contribution in [0.15, 0.2) is 0 Å². The van der Waals surface area contributed by atoms with Gasteiger partial charge in [0.25, 0.3) is 0 Å². The summed E-state index contributed by atoms with van der Waals surface area (Å²) in [7, 11) is 2.06.